The fourth-order valence-electron chi connectivity index (χ4n) is 2.34. The first kappa shape index (κ1) is 17.9. The summed E-state index contributed by atoms with van der Waals surface area (Å²) in [5.74, 6) is 2.38. The number of fused-ring (bicyclic) bond motifs is 1. The van der Waals surface area contributed by atoms with E-state index in [9.17, 15) is 4.79 Å². The summed E-state index contributed by atoms with van der Waals surface area (Å²) >= 11 is 0. The summed E-state index contributed by atoms with van der Waals surface area (Å²) in [7, 11) is 3.71. The molecule has 1 aliphatic rings. The van der Waals surface area contributed by atoms with Gasteiger partial charge in [0.1, 0.15) is 0 Å². The lowest BCUT2D eigenvalue weighted by atomic mass is 10.2. The summed E-state index contributed by atoms with van der Waals surface area (Å²) in [4.78, 5) is 17.8. The number of amides is 1. The molecule has 7 heteroatoms. The smallest absolute Gasteiger partial charge is 0.231 e. The standard InChI is InChI=1S/C17H26N4O3/c1-12(2)16(22)19-7-8-20-17(18-3)21(4)10-13-5-6-14-15(9-13)24-11-23-14/h5-6,9,12H,7-8,10-11H2,1-4H3,(H,18,20)(H,19,22). The molecule has 0 aromatic heterocycles. The number of benzene rings is 1. The van der Waals surface area contributed by atoms with E-state index >= 15 is 0 Å². The van der Waals surface area contributed by atoms with E-state index in [2.05, 4.69) is 15.6 Å². The number of nitrogens with one attached hydrogen (secondary N) is 2. The van der Waals surface area contributed by atoms with E-state index in [1.54, 1.807) is 7.05 Å². The Labute approximate surface area is 143 Å². The molecule has 132 valence electrons. The predicted molar refractivity (Wildman–Crippen MR) is 93.2 cm³/mol. The maximum Gasteiger partial charge on any atom is 0.231 e. The predicted octanol–water partition coefficient (Wildman–Crippen LogP) is 1.19. The van der Waals surface area contributed by atoms with Crippen molar-refractivity contribution in [2.75, 3.05) is 34.0 Å². The lowest BCUT2D eigenvalue weighted by Crippen LogP contribution is -2.42. The zero-order chi connectivity index (χ0) is 17.5. The lowest BCUT2D eigenvalue weighted by Gasteiger charge is -2.22. The van der Waals surface area contributed by atoms with Crippen LogP contribution in [0.25, 0.3) is 0 Å². The molecular weight excluding hydrogens is 308 g/mol. The van der Waals surface area contributed by atoms with Gasteiger partial charge in [-0.3, -0.25) is 9.79 Å². The zero-order valence-electron chi connectivity index (χ0n) is 14.8. The summed E-state index contributed by atoms with van der Waals surface area (Å²) in [6.07, 6.45) is 0. The second kappa shape index (κ2) is 8.42. The van der Waals surface area contributed by atoms with Crippen LogP contribution >= 0.6 is 0 Å². The van der Waals surface area contributed by atoms with E-state index in [0.29, 0.717) is 19.6 Å². The number of hydrogen-bond acceptors (Lipinski definition) is 4. The zero-order valence-corrected chi connectivity index (χ0v) is 14.8. The molecule has 0 bridgehead atoms. The van der Waals surface area contributed by atoms with Crippen LogP contribution in [0, 0.1) is 5.92 Å². The minimum atomic E-state index is -0.00186. The molecular formula is C17H26N4O3. The maximum atomic E-state index is 11.5. The molecule has 2 N–H and O–H groups in total. The highest BCUT2D eigenvalue weighted by atomic mass is 16.7. The Balaban J connectivity index is 1.81. The van der Waals surface area contributed by atoms with E-state index < -0.39 is 0 Å². The molecule has 0 fully saturated rings. The van der Waals surface area contributed by atoms with E-state index in [1.807, 2.05) is 44.0 Å². The first-order valence-corrected chi connectivity index (χ1v) is 8.09. The van der Waals surface area contributed by atoms with Crippen LogP contribution < -0.4 is 20.1 Å². The average Bonchev–Trinajstić information content (AvgIpc) is 3.02. The first-order valence-electron chi connectivity index (χ1n) is 8.09. The second-order valence-corrected chi connectivity index (χ2v) is 5.96. The van der Waals surface area contributed by atoms with Crippen molar-refractivity contribution in [2.45, 2.75) is 20.4 Å². The molecule has 0 saturated heterocycles. The fourth-order valence-corrected chi connectivity index (χ4v) is 2.34. The molecule has 1 aromatic rings. The quantitative estimate of drug-likeness (QED) is 0.464. The van der Waals surface area contributed by atoms with E-state index in [4.69, 9.17) is 9.47 Å². The van der Waals surface area contributed by atoms with Crippen LogP contribution in [0.2, 0.25) is 0 Å². The second-order valence-electron chi connectivity index (χ2n) is 5.96. The van der Waals surface area contributed by atoms with Crippen LogP contribution in [-0.4, -0.2) is 50.7 Å². The van der Waals surface area contributed by atoms with Gasteiger partial charge < -0.3 is 25.0 Å². The Kier molecular flexibility index (Phi) is 6.28. The highest BCUT2D eigenvalue weighted by molar-refractivity contribution is 5.80. The molecule has 1 aromatic carbocycles. The van der Waals surface area contributed by atoms with Gasteiger partial charge in [0.25, 0.3) is 0 Å². The summed E-state index contributed by atoms with van der Waals surface area (Å²) in [5, 5.41) is 6.11. The average molecular weight is 334 g/mol. The van der Waals surface area contributed by atoms with Crippen LogP contribution in [0.4, 0.5) is 0 Å². The monoisotopic (exact) mass is 334 g/mol. The summed E-state index contributed by atoms with van der Waals surface area (Å²) in [6.45, 7) is 5.90. The van der Waals surface area contributed by atoms with Crippen LogP contribution in [-0.2, 0) is 11.3 Å². The van der Waals surface area contributed by atoms with Gasteiger partial charge in [-0.25, -0.2) is 0 Å². The Morgan fingerprint density at radius 1 is 1.25 bits per heavy atom. The lowest BCUT2D eigenvalue weighted by molar-refractivity contribution is -0.123. The molecule has 0 spiro atoms. The molecule has 1 aliphatic heterocycles. The number of aliphatic imine (C=N–C) groups is 1. The van der Waals surface area contributed by atoms with Crippen molar-refractivity contribution >= 4 is 11.9 Å². The number of nitrogens with zero attached hydrogens (tertiary/aromatic N) is 2. The van der Waals surface area contributed by atoms with Gasteiger partial charge in [0.05, 0.1) is 0 Å². The molecule has 1 amide bonds. The summed E-state index contributed by atoms with van der Waals surface area (Å²) in [5.41, 5.74) is 1.11. The highest BCUT2D eigenvalue weighted by Gasteiger charge is 2.14. The third kappa shape index (κ3) is 4.78. The number of ether oxygens (including phenoxy) is 2. The Morgan fingerprint density at radius 2 is 1.96 bits per heavy atom. The molecule has 2 rings (SSSR count). The van der Waals surface area contributed by atoms with Crippen molar-refractivity contribution in [3.05, 3.63) is 23.8 Å². The number of rotatable bonds is 6. The van der Waals surface area contributed by atoms with Crippen LogP contribution in [0.1, 0.15) is 19.4 Å². The van der Waals surface area contributed by atoms with Gasteiger partial charge in [-0.05, 0) is 17.7 Å². The van der Waals surface area contributed by atoms with Crippen molar-refractivity contribution < 1.29 is 14.3 Å². The molecule has 7 nitrogen and oxygen atoms in total. The van der Waals surface area contributed by atoms with Crippen molar-refractivity contribution in [1.82, 2.24) is 15.5 Å². The molecule has 0 saturated carbocycles. The van der Waals surface area contributed by atoms with Crippen LogP contribution in [0.15, 0.2) is 23.2 Å². The van der Waals surface area contributed by atoms with Crippen molar-refractivity contribution in [1.29, 1.82) is 0 Å². The number of guanidine groups is 1. The maximum absolute atomic E-state index is 11.5. The molecule has 1 heterocycles. The van der Waals surface area contributed by atoms with Gasteiger partial charge in [-0.1, -0.05) is 19.9 Å². The van der Waals surface area contributed by atoms with Crippen LogP contribution in [0.3, 0.4) is 0 Å². The number of carbonyl (C=O) groups excluding carboxylic acids is 1. The minimum Gasteiger partial charge on any atom is -0.454 e. The Bertz CT molecular complexity index is 601. The fraction of sp³-hybridized carbons (Fsp3) is 0.529. The third-order valence-corrected chi connectivity index (χ3v) is 3.66. The van der Waals surface area contributed by atoms with Crippen molar-refractivity contribution in [3.63, 3.8) is 0 Å². The normalized spacial score (nSPS) is 13.1. The highest BCUT2D eigenvalue weighted by Crippen LogP contribution is 2.32. The van der Waals surface area contributed by atoms with Crippen molar-refractivity contribution in [2.24, 2.45) is 10.9 Å². The van der Waals surface area contributed by atoms with Gasteiger partial charge >= 0.3 is 0 Å². The van der Waals surface area contributed by atoms with Gasteiger partial charge in [0.15, 0.2) is 17.5 Å². The topological polar surface area (TPSA) is 75.2 Å². The summed E-state index contributed by atoms with van der Waals surface area (Å²) < 4.78 is 10.7. The largest absolute Gasteiger partial charge is 0.454 e. The van der Waals surface area contributed by atoms with Gasteiger partial charge in [-0.2, -0.15) is 0 Å². The molecule has 0 radical (unpaired) electrons. The molecule has 0 aliphatic carbocycles. The Morgan fingerprint density at radius 3 is 2.67 bits per heavy atom. The SMILES string of the molecule is CN=C(NCCNC(=O)C(C)C)N(C)Cc1ccc2c(c1)OCO2. The number of carbonyl (C=O) groups is 1. The van der Waals surface area contributed by atoms with E-state index in [0.717, 1.165) is 23.0 Å². The van der Waals surface area contributed by atoms with Gasteiger partial charge in [-0.15, -0.1) is 0 Å². The number of hydrogen-bond donors (Lipinski definition) is 2. The molecule has 0 unspecified atom stereocenters. The van der Waals surface area contributed by atoms with E-state index in [-0.39, 0.29) is 18.6 Å². The summed E-state index contributed by atoms with van der Waals surface area (Å²) in [6, 6.07) is 5.91. The molecule has 0 atom stereocenters. The Hall–Kier alpha value is -2.44. The molecule has 24 heavy (non-hydrogen) atoms. The third-order valence-electron chi connectivity index (χ3n) is 3.66. The van der Waals surface area contributed by atoms with Crippen LogP contribution in [0.5, 0.6) is 11.5 Å². The van der Waals surface area contributed by atoms with Crippen molar-refractivity contribution in [3.8, 4) is 11.5 Å². The first-order chi connectivity index (χ1) is 11.5. The van der Waals surface area contributed by atoms with E-state index in [1.165, 1.54) is 0 Å². The van der Waals surface area contributed by atoms with Gasteiger partial charge in [0.2, 0.25) is 12.7 Å². The minimum absolute atomic E-state index is 0.00186. The van der Waals surface area contributed by atoms with Gasteiger partial charge in [0, 0.05) is 39.6 Å².